The van der Waals surface area contributed by atoms with E-state index in [1.165, 1.54) is 74.5 Å². The quantitative estimate of drug-likeness (QED) is 0.443. The summed E-state index contributed by atoms with van der Waals surface area (Å²) in [4.78, 5) is 0. The monoisotopic (exact) mass is 364 g/mol. The minimum atomic E-state index is 0.648. The first-order chi connectivity index (χ1) is 13.3. The van der Waals surface area contributed by atoms with Crippen molar-refractivity contribution in [2.45, 2.75) is 84.2 Å². The molecular formula is C26H36O. The van der Waals surface area contributed by atoms with Crippen LogP contribution in [0.3, 0.4) is 0 Å². The largest absolute Gasteiger partial charge is 0.489 e. The van der Waals surface area contributed by atoms with E-state index < -0.39 is 0 Å². The highest BCUT2D eigenvalue weighted by Crippen LogP contribution is 2.37. The van der Waals surface area contributed by atoms with Crippen molar-refractivity contribution < 1.29 is 4.74 Å². The Hall–Kier alpha value is -1.76. The van der Waals surface area contributed by atoms with E-state index in [4.69, 9.17) is 4.74 Å². The molecule has 2 aromatic rings. The van der Waals surface area contributed by atoms with Gasteiger partial charge in [-0.2, -0.15) is 0 Å². The van der Waals surface area contributed by atoms with Gasteiger partial charge in [0.15, 0.2) is 0 Å². The molecule has 1 nitrogen and oxygen atoms in total. The molecule has 0 radical (unpaired) electrons. The fourth-order valence-electron chi connectivity index (χ4n) is 4.38. The van der Waals surface area contributed by atoms with Crippen LogP contribution in [0.4, 0.5) is 0 Å². The molecule has 146 valence electrons. The number of hydrogen-bond acceptors (Lipinski definition) is 1. The lowest BCUT2D eigenvalue weighted by atomic mass is 9.77. The third-order valence-electron chi connectivity index (χ3n) is 6.14. The average Bonchev–Trinajstić information content (AvgIpc) is 2.73. The van der Waals surface area contributed by atoms with Crippen molar-refractivity contribution >= 4 is 0 Å². The second-order valence-electron chi connectivity index (χ2n) is 8.28. The predicted octanol–water partition coefficient (Wildman–Crippen LogP) is 7.68. The lowest BCUT2D eigenvalue weighted by Gasteiger charge is -2.28. The van der Waals surface area contributed by atoms with Gasteiger partial charge in [-0.05, 0) is 79.2 Å². The van der Waals surface area contributed by atoms with Gasteiger partial charge in [-0.3, -0.25) is 0 Å². The zero-order chi connectivity index (χ0) is 18.9. The van der Waals surface area contributed by atoms with Gasteiger partial charge in [-0.1, -0.05) is 69.5 Å². The van der Waals surface area contributed by atoms with Crippen molar-refractivity contribution in [1.82, 2.24) is 0 Å². The predicted molar refractivity (Wildman–Crippen MR) is 115 cm³/mol. The van der Waals surface area contributed by atoms with Gasteiger partial charge in [0, 0.05) is 0 Å². The standard InChI is InChI=1S/C26H36O/c1-3-5-7-22-8-10-23(11-9-22)20-27-26-18-16-25(17-19-26)24-14-12-21(6-4-2)13-15-24/h8-11,16-19,21,24H,3-7,12-15,20H2,1-2H3/t21-,24-. The molecule has 0 aliphatic heterocycles. The van der Waals surface area contributed by atoms with Crippen molar-refractivity contribution in [3.8, 4) is 5.75 Å². The molecule has 0 aromatic heterocycles. The molecule has 0 amide bonds. The topological polar surface area (TPSA) is 9.23 Å². The van der Waals surface area contributed by atoms with E-state index in [1.807, 2.05) is 0 Å². The van der Waals surface area contributed by atoms with Crippen LogP contribution in [0.15, 0.2) is 48.5 Å². The maximum absolute atomic E-state index is 6.00. The van der Waals surface area contributed by atoms with Gasteiger partial charge in [0.05, 0.1) is 0 Å². The Balaban J connectivity index is 1.46. The minimum absolute atomic E-state index is 0.648. The molecule has 0 N–H and O–H groups in total. The highest BCUT2D eigenvalue weighted by molar-refractivity contribution is 5.30. The zero-order valence-electron chi connectivity index (χ0n) is 17.3. The van der Waals surface area contributed by atoms with Crippen LogP contribution < -0.4 is 4.74 Å². The first-order valence-electron chi connectivity index (χ1n) is 11.1. The third-order valence-corrected chi connectivity index (χ3v) is 6.14. The highest BCUT2D eigenvalue weighted by Gasteiger charge is 2.21. The SMILES string of the molecule is CCCCc1ccc(COc2ccc([C@H]3CC[C@H](CCC)CC3)cc2)cc1. The maximum atomic E-state index is 6.00. The van der Waals surface area contributed by atoms with Crippen LogP contribution in [0.2, 0.25) is 0 Å². The molecule has 0 heterocycles. The fourth-order valence-corrected chi connectivity index (χ4v) is 4.38. The van der Waals surface area contributed by atoms with E-state index in [9.17, 15) is 0 Å². The molecule has 1 heteroatoms. The summed E-state index contributed by atoms with van der Waals surface area (Å²) in [5.74, 6) is 2.71. The number of rotatable bonds is 9. The highest BCUT2D eigenvalue weighted by atomic mass is 16.5. The summed E-state index contributed by atoms with van der Waals surface area (Å²) >= 11 is 0. The Labute approximate surface area is 166 Å². The van der Waals surface area contributed by atoms with Gasteiger partial charge < -0.3 is 4.74 Å². The Morgan fingerprint density at radius 1 is 0.778 bits per heavy atom. The molecule has 1 aliphatic carbocycles. The number of hydrogen-bond donors (Lipinski definition) is 0. The van der Waals surface area contributed by atoms with Gasteiger partial charge in [-0.15, -0.1) is 0 Å². The van der Waals surface area contributed by atoms with Crippen LogP contribution in [0, 0.1) is 5.92 Å². The van der Waals surface area contributed by atoms with Gasteiger partial charge in [0.2, 0.25) is 0 Å². The molecule has 0 spiro atoms. The summed E-state index contributed by atoms with van der Waals surface area (Å²) in [6, 6.07) is 17.8. The lowest BCUT2D eigenvalue weighted by Crippen LogP contribution is -2.13. The summed E-state index contributed by atoms with van der Waals surface area (Å²) < 4.78 is 6.00. The van der Waals surface area contributed by atoms with E-state index in [2.05, 4.69) is 62.4 Å². The van der Waals surface area contributed by atoms with Crippen molar-refractivity contribution in [3.05, 3.63) is 65.2 Å². The van der Waals surface area contributed by atoms with E-state index in [1.54, 1.807) is 0 Å². The number of benzene rings is 2. The summed E-state index contributed by atoms with van der Waals surface area (Å²) in [5.41, 5.74) is 4.17. The third kappa shape index (κ3) is 6.13. The molecule has 3 rings (SSSR count). The normalized spacial score (nSPS) is 19.8. The molecule has 1 saturated carbocycles. The first-order valence-corrected chi connectivity index (χ1v) is 11.1. The molecular weight excluding hydrogens is 328 g/mol. The summed E-state index contributed by atoms with van der Waals surface area (Å²) in [6.45, 7) is 5.20. The maximum Gasteiger partial charge on any atom is 0.119 e. The Morgan fingerprint density at radius 3 is 2.07 bits per heavy atom. The van der Waals surface area contributed by atoms with E-state index in [0.717, 1.165) is 17.6 Å². The van der Waals surface area contributed by atoms with E-state index in [0.29, 0.717) is 6.61 Å². The average molecular weight is 365 g/mol. The van der Waals surface area contributed by atoms with Crippen LogP contribution in [0.1, 0.15) is 87.8 Å². The Morgan fingerprint density at radius 2 is 1.44 bits per heavy atom. The van der Waals surface area contributed by atoms with Crippen LogP contribution in [-0.4, -0.2) is 0 Å². The minimum Gasteiger partial charge on any atom is -0.489 e. The molecule has 1 aliphatic rings. The molecule has 0 unspecified atom stereocenters. The zero-order valence-corrected chi connectivity index (χ0v) is 17.3. The Bertz CT molecular complexity index is 648. The molecule has 0 atom stereocenters. The van der Waals surface area contributed by atoms with Crippen molar-refractivity contribution in [2.75, 3.05) is 0 Å². The molecule has 1 fully saturated rings. The van der Waals surface area contributed by atoms with Crippen molar-refractivity contribution in [2.24, 2.45) is 5.92 Å². The summed E-state index contributed by atoms with van der Waals surface area (Å²) in [7, 11) is 0. The number of aryl methyl sites for hydroxylation is 1. The number of unbranched alkanes of at least 4 members (excludes halogenated alkanes) is 1. The van der Waals surface area contributed by atoms with Gasteiger partial charge in [0.1, 0.15) is 12.4 Å². The smallest absolute Gasteiger partial charge is 0.119 e. The van der Waals surface area contributed by atoms with E-state index in [-0.39, 0.29) is 0 Å². The van der Waals surface area contributed by atoms with Crippen LogP contribution in [0.25, 0.3) is 0 Å². The van der Waals surface area contributed by atoms with Crippen molar-refractivity contribution in [3.63, 3.8) is 0 Å². The lowest BCUT2D eigenvalue weighted by molar-refractivity contribution is 0.303. The van der Waals surface area contributed by atoms with Gasteiger partial charge in [-0.25, -0.2) is 0 Å². The molecule has 0 saturated heterocycles. The fraction of sp³-hybridized carbons (Fsp3) is 0.538. The summed E-state index contributed by atoms with van der Waals surface area (Å²) in [5, 5.41) is 0. The second-order valence-corrected chi connectivity index (χ2v) is 8.28. The summed E-state index contributed by atoms with van der Waals surface area (Å²) in [6.07, 6.45) is 12.0. The van der Waals surface area contributed by atoms with Crippen LogP contribution >= 0.6 is 0 Å². The number of ether oxygens (including phenoxy) is 1. The first kappa shape index (κ1) is 20.0. The van der Waals surface area contributed by atoms with Gasteiger partial charge in [0.25, 0.3) is 0 Å². The van der Waals surface area contributed by atoms with Gasteiger partial charge >= 0.3 is 0 Å². The van der Waals surface area contributed by atoms with Crippen molar-refractivity contribution in [1.29, 1.82) is 0 Å². The van der Waals surface area contributed by atoms with Crippen LogP contribution in [0.5, 0.6) is 5.75 Å². The molecule has 27 heavy (non-hydrogen) atoms. The molecule has 0 bridgehead atoms. The molecule has 2 aromatic carbocycles. The van der Waals surface area contributed by atoms with E-state index >= 15 is 0 Å². The van der Waals surface area contributed by atoms with Crippen LogP contribution in [-0.2, 0) is 13.0 Å². The second kappa shape index (κ2) is 10.5. The Kier molecular flexibility index (Phi) is 7.80.